The average Bonchev–Trinajstić information content (AvgIpc) is 3.99. The molecule has 5 aromatic rings. The number of anilines is 3. The van der Waals surface area contributed by atoms with Gasteiger partial charge in [-0.25, -0.2) is 4.79 Å². The van der Waals surface area contributed by atoms with Crippen molar-refractivity contribution in [1.82, 2.24) is 0 Å². The van der Waals surface area contributed by atoms with E-state index in [4.69, 9.17) is 18.9 Å². The summed E-state index contributed by atoms with van der Waals surface area (Å²) in [4.78, 5) is 14.5. The lowest BCUT2D eigenvalue weighted by molar-refractivity contribution is -0.249. The van der Waals surface area contributed by atoms with Crippen LogP contribution in [-0.2, 0) is 27.4 Å². The zero-order valence-electron chi connectivity index (χ0n) is 42.7. The van der Waals surface area contributed by atoms with Crippen molar-refractivity contribution >= 4 is 29.1 Å². The van der Waals surface area contributed by atoms with Crippen molar-refractivity contribution < 1.29 is 63.3 Å². The predicted molar refractivity (Wildman–Crippen MR) is 277 cm³/mol. The van der Waals surface area contributed by atoms with Crippen LogP contribution >= 0.6 is 0 Å². The fraction of sp³-hybridized carbons (Fsp3) is 0.246. The third-order valence-electron chi connectivity index (χ3n) is 12.6. The van der Waals surface area contributed by atoms with E-state index in [-0.39, 0.29) is 23.7 Å². The molecule has 0 bridgehead atoms. The molecule has 1 unspecified atom stereocenters. The number of allylic oxidation sites excluding steroid dienone is 8. The van der Waals surface area contributed by atoms with Crippen molar-refractivity contribution in [3.63, 3.8) is 0 Å². The van der Waals surface area contributed by atoms with Crippen LogP contribution in [0.2, 0.25) is 0 Å². The Balaban J connectivity index is 1.10. The molecule has 2 aliphatic rings. The molecule has 18 heteroatoms. The van der Waals surface area contributed by atoms with E-state index in [0.29, 0.717) is 48.8 Å². The van der Waals surface area contributed by atoms with Gasteiger partial charge in [0.15, 0.2) is 11.3 Å². The highest BCUT2D eigenvalue weighted by Crippen LogP contribution is 2.56. The Labute approximate surface area is 450 Å². The minimum Gasteiger partial charge on any atom is -0.494 e. The summed E-state index contributed by atoms with van der Waals surface area (Å²) in [7, 11) is 0. The van der Waals surface area contributed by atoms with Gasteiger partial charge in [-0.05, 0) is 120 Å². The molecule has 0 saturated carbocycles. The molecule has 1 aliphatic carbocycles. The molecule has 9 nitrogen and oxygen atoms in total. The zero-order chi connectivity index (χ0) is 57.2. The van der Waals surface area contributed by atoms with Gasteiger partial charge < -0.3 is 23.8 Å². The Bertz CT molecular complexity index is 3300. The van der Waals surface area contributed by atoms with Crippen molar-refractivity contribution in [3.8, 4) is 29.7 Å². The lowest BCUT2D eigenvalue weighted by atomic mass is 9.75. The van der Waals surface area contributed by atoms with Gasteiger partial charge in [0.2, 0.25) is 0 Å². The molecule has 0 spiro atoms. The maximum Gasteiger partial charge on any atom is 0.437 e. The summed E-state index contributed by atoms with van der Waals surface area (Å²) in [5, 5.41) is 29.4. The molecule has 0 aromatic heterocycles. The average molecular weight is 1090 g/mol. The number of carbonyl (C=O) groups excluding carboxylic acids is 1. The van der Waals surface area contributed by atoms with Crippen molar-refractivity contribution in [2.75, 3.05) is 24.7 Å². The number of ether oxygens (including phenoxy) is 4. The topological polar surface area (TPSA) is 129 Å². The van der Waals surface area contributed by atoms with E-state index in [9.17, 15) is 46.9 Å². The van der Waals surface area contributed by atoms with E-state index in [1.807, 2.05) is 71.7 Å². The molecule has 0 N–H and O–H groups in total. The third kappa shape index (κ3) is 13.8. The smallest absolute Gasteiger partial charge is 0.437 e. The van der Waals surface area contributed by atoms with E-state index in [2.05, 4.69) is 20.8 Å². The minimum atomic E-state index is -5.14. The molecule has 1 atom stereocenters. The quantitative estimate of drug-likeness (QED) is 0.0387. The van der Waals surface area contributed by atoms with Crippen molar-refractivity contribution in [2.45, 2.75) is 70.6 Å². The standard InChI is InChI=1S/C61H49F9N4O5/c1-4-5-28-76-51-24-20-49(21-25-51)74(50-22-26-52(27-23-50)77-29-30-78-56(75)43-32-46(59(62,63)64)34-47(33-43)60(65,66)67)48-18-16-40(17-19-48)14-15-42-31-41(35-57(2,3)36-42)10-9-13-54-53(39-73)55(44(37-71)38-72)79-58(54,61(68,69)70)45-11-7-6-8-12-45/h6-27,31-34H,4-5,28-30,35-36H2,1-3H3/b13-9+,15-14+,41-10+. The van der Waals surface area contributed by atoms with E-state index in [1.165, 1.54) is 36.4 Å². The molecule has 1 heterocycles. The number of alkyl halides is 9. The van der Waals surface area contributed by atoms with Gasteiger partial charge >= 0.3 is 24.5 Å². The van der Waals surface area contributed by atoms with Gasteiger partial charge in [-0.2, -0.15) is 55.3 Å². The summed E-state index contributed by atoms with van der Waals surface area (Å²) in [6.07, 6.45) is -2.25. The molecule has 0 amide bonds. The van der Waals surface area contributed by atoms with Crippen LogP contribution in [0.15, 0.2) is 185 Å². The van der Waals surface area contributed by atoms with Crippen molar-refractivity contribution in [2.24, 2.45) is 5.41 Å². The SMILES string of the molecule is CCCCOc1ccc(N(c2ccc(/C=C/C3=CC(=C\C=C\C4=C(C#N)C(=C(C#N)C#N)OC4(c4ccccc4)C(F)(F)F)/CC(C)(C)C3)cc2)c2ccc(OCCOC(=O)c3cc(C(F)(F)F)cc(C(F)(F)F)c3)cc2)cc1. The monoisotopic (exact) mass is 1090 g/mol. The first-order valence-electron chi connectivity index (χ1n) is 24.6. The van der Waals surface area contributed by atoms with Crippen LogP contribution in [0.4, 0.5) is 56.6 Å². The first-order valence-corrected chi connectivity index (χ1v) is 24.6. The lowest BCUT2D eigenvalue weighted by Gasteiger charge is -2.33. The second kappa shape index (κ2) is 24.2. The summed E-state index contributed by atoms with van der Waals surface area (Å²) in [5.74, 6) is -1.13. The fourth-order valence-electron chi connectivity index (χ4n) is 8.98. The van der Waals surface area contributed by atoms with E-state index >= 15 is 13.2 Å². The summed E-state index contributed by atoms with van der Waals surface area (Å²) < 4.78 is 148. The molecule has 7 rings (SSSR count). The predicted octanol–water partition coefficient (Wildman–Crippen LogP) is 16.5. The molecule has 0 fully saturated rings. The number of benzene rings is 5. The number of nitrogens with zero attached hydrogens (tertiary/aromatic N) is 4. The van der Waals surface area contributed by atoms with E-state index in [0.717, 1.165) is 47.0 Å². The number of unbranched alkanes of at least 4 members (excludes halogenated alkanes) is 1. The number of halogens is 9. The Kier molecular flexibility index (Phi) is 17.7. The molecule has 79 heavy (non-hydrogen) atoms. The van der Waals surface area contributed by atoms with Crippen LogP contribution in [0.1, 0.15) is 79.1 Å². The molecule has 406 valence electrons. The highest BCUT2D eigenvalue weighted by Gasteiger charge is 2.65. The van der Waals surface area contributed by atoms with Crippen LogP contribution < -0.4 is 14.4 Å². The van der Waals surface area contributed by atoms with Crippen LogP contribution in [0.3, 0.4) is 0 Å². The first-order chi connectivity index (χ1) is 37.5. The van der Waals surface area contributed by atoms with E-state index < -0.39 is 75.9 Å². The maximum absolute atomic E-state index is 15.3. The summed E-state index contributed by atoms with van der Waals surface area (Å²) in [6, 6.07) is 34.1. The van der Waals surface area contributed by atoms with Crippen LogP contribution in [0, 0.1) is 39.4 Å². The Morgan fingerprint density at radius 2 is 1.25 bits per heavy atom. The maximum atomic E-state index is 15.3. The zero-order valence-corrected chi connectivity index (χ0v) is 42.7. The summed E-state index contributed by atoms with van der Waals surface area (Å²) >= 11 is 0. The van der Waals surface area contributed by atoms with E-state index in [1.54, 1.807) is 48.5 Å². The van der Waals surface area contributed by atoms with Gasteiger partial charge in [0, 0.05) is 28.2 Å². The highest BCUT2D eigenvalue weighted by atomic mass is 19.4. The van der Waals surface area contributed by atoms with Gasteiger partial charge in [0.05, 0.1) is 23.3 Å². The number of nitriles is 3. The fourth-order valence-corrected chi connectivity index (χ4v) is 8.98. The third-order valence-corrected chi connectivity index (χ3v) is 12.6. The molecule has 1 aliphatic heterocycles. The molecular weight excluding hydrogens is 1040 g/mol. The molecule has 0 saturated heterocycles. The minimum absolute atomic E-state index is 0.0810. The normalized spacial score (nSPS) is 16.9. The van der Waals surface area contributed by atoms with Gasteiger partial charge in [-0.3, -0.25) is 0 Å². The van der Waals surface area contributed by atoms with Gasteiger partial charge in [-0.1, -0.05) is 106 Å². The second-order valence-corrected chi connectivity index (χ2v) is 19.0. The Morgan fingerprint density at radius 1 is 0.696 bits per heavy atom. The van der Waals surface area contributed by atoms with Gasteiger partial charge in [-0.15, -0.1) is 0 Å². The summed E-state index contributed by atoms with van der Waals surface area (Å²) in [6.45, 7) is 5.99. The molecule has 5 aromatic carbocycles. The van der Waals surface area contributed by atoms with Crippen LogP contribution in [-0.4, -0.2) is 32.0 Å². The van der Waals surface area contributed by atoms with Crippen LogP contribution in [0.25, 0.3) is 6.08 Å². The first kappa shape index (κ1) is 57.7. The largest absolute Gasteiger partial charge is 0.494 e. The van der Waals surface area contributed by atoms with Gasteiger partial charge in [0.25, 0.3) is 5.60 Å². The van der Waals surface area contributed by atoms with Crippen molar-refractivity contribution in [3.05, 3.63) is 213 Å². The Morgan fingerprint density at radius 3 is 1.77 bits per heavy atom. The number of rotatable bonds is 17. The lowest BCUT2D eigenvalue weighted by Crippen LogP contribution is -2.43. The summed E-state index contributed by atoms with van der Waals surface area (Å²) in [5.41, 5.74) is -5.11. The van der Waals surface area contributed by atoms with Gasteiger partial charge in [0.1, 0.15) is 48.5 Å². The molecular formula is C61H49F9N4O5. The number of hydrogen-bond acceptors (Lipinski definition) is 9. The Hall–Kier alpha value is -8.95. The molecule has 0 radical (unpaired) electrons. The number of hydrogen-bond donors (Lipinski definition) is 0. The highest BCUT2D eigenvalue weighted by molar-refractivity contribution is 5.90. The van der Waals surface area contributed by atoms with Crippen molar-refractivity contribution in [1.29, 1.82) is 15.8 Å². The van der Waals surface area contributed by atoms with Crippen LogP contribution in [0.5, 0.6) is 11.5 Å². The second-order valence-electron chi connectivity index (χ2n) is 19.0. The number of esters is 1. The number of carbonyl (C=O) groups is 1.